The Balaban J connectivity index is 2.93. The fraction of sp³-hybridized carbons (Fsp3) is 0.250. The summed E-state index contributed by atoms with van der Waals surface area (Å²) in [4.78, 5) is 0. The van der Waals surface area contributed by atoms with E-state index in [1.165, 1.54) is 25.3 Å². The Hall–Kier alpha value is -1.09. The van der Waals surface area contributed by atoms with E-state index in [2.05, 4.69) is 0 Å². The number of hydrogen-bond donors (Lipinski definition) is 1. The molecule has 0 fully saturated rings. The van der Waals surface area contributed by atoms with Crippen LogP contribution >= 0.6 is 0 Å². The zero-order valence-corrected chi connectivity index (χ0v) is 6.17. The molecule has 1 aromatic rings. The molecule has 2 nitrogen and oxygen atoms in total. The summed E-state index contributed by atoms with van der Waals surface area (Å²) in [6, 6.07) is 3.76. The van der Waals surface area contributed by atoms with Crippen LogP contribution in [0, 0.1) is 5.82 Å². The summed E-state index contributed by atoms with van der Waals surface area (Å²) >= 11 is 0. The quantitative estimate of drug-likeness (QED) is 0.705. The Kier molecular flexibility index (Phi) is 2.44. The van der Waals surface area contributed by atoms with Crippen LogP contribution in [0.15, 0.2) is 18.2 Å². The van der Waals surface area contributed by atoms with Crippen LogP contribution in [0.2, 0.25) is 0 Å². The van der Waals surface area contributed by atoms with Gasteiger partial charge in [0.15, 0.2) is 0 Å². The van der Waals surface area contributed by atoms with Crippen molar-refractivity contribution in [2.75, 3.05) is 7.11 Å². The fourth-order valence-electron chi connectivity index (χ4n) is 0.825. The van der Waals surface area contributed by atoms with E-state index in [1.807, 2.05) is 0 Å². The Morgan fingerprint density at radius 1 is 1.55 bits per heavy atom. The van der Waals surface area contributed by atoms with Gasteiger partial charge in [0.1, 0.15) is 11.6 Å². The average molecular weight is 156 g/mol. The molecule has 0 heterocycles. The van der Waals surface area contributed by atoms with Crippen LogP contribution < -0.4 is 0 Å². The molecule has 60 valence electrons. The largest absolute Gasteiger partial charge is 0.508 e. The molecule has 0 saturated carbocycles. The third-order valence-corrected chi connectivity index (χ3v) is 1.34. The van der Waals surface area contributed by atoms with Gasteiger partial charge in [-0.2, -0.15) is 0 Å². The van der Waals surface area contributed by atoms with Crippen molar-refractivity contribution in [2.24, 2.45) is 0 Å². The number of rotatable bonds is 2. The molecule has 0 aliphatic heterocycles. The molecule has 0 radical (unpaired) electrons. The van der Waals surface area contributed by atoms with Crippen molar-refractivity contribution in [1.82, 2.24) is 0 Å². The monoisotopic (exact) mass is 156 g/mol. The van der Waals surface area contributed by atoms with E-state index in [9.17, 15) is 4.39 Å². The number of benzene rings is 1. The minimum absolute atomic E-state index is 0.0632. The number of methoxy groups -OCH3 is 1. The smallest absolute Gasteiger partial charge is 0.123 e. The lowest BCUT2D eigenvalue weighted by molar-refractivity contribution is 0.181. The number of hydrogen-bond acceptors (Lipinski definition) is 2. The fourth-order valence-corrected chi connectivity index (χ4v) is 0.825. The van der Waals surface area contributed by atoms with Gasteiger partial charge in [-0.1, -0.05) is 0 Å². The first kappa shape index (κ1) is 8.01. The maximum Gasteiger partial charge on any atom is 0.123 e. The van der Waals surface area contributed by atoms with Gasteiger partial charge >= 0.3 is 0 Å². The van der Waals surface area contributed by atoms with E-state index >= 15 is 0 Å². The van der Waals surface area contributed by atoms with Crippen molar-refractivity contribution in [3.63, 3.8) is 0 Å². The molecule has 0 saturated heterocycles. The highest BCUT2D eigenvalue weighted by Crippen LogP contribution is 2.17. The highest BCUT2D eigenvalue weighted by Gasteiger charge is 2.00. The van der Waals surface area contributed by atoms with E-state index < -0.39 is 0 Å². The third kappa shape index (κ3) is 1.91. The van der Waals surface area contributed by atoms with Gasteiger partial charge in [-0.3, -0.25) is 0 Å². The van der Waals surface area contributed by atoms with Crippen molar-refractivity contribution < 1.29 is 14.2 Å². The Bertz CT molecular complexity index is 248. The van der Waals surface area contributed by atoms with Crippen LogP contribution in [0.3, 0.4) is 0 Å². The predicted molar refractivity (Wildman–Crippen MR) is 38.8 cm³/mol. The first-order valence-electron chi connectivity index (χ1n) is 3.20. The van der Waals surface area contributed by atoms with Crippen LogP contribution in [0.4, 0.5) is 4.39 Å². The van der Waals surface area contributed by atoms with Gasteiger partial charge < -0.3 is 9.84 Å². The van der Waals surface area contributed by atoms with Gasteiger partial charge in [-0.05, 0) is 18.2 Å². The first-order chi connectivity index (χ1) is 5.24. The number of halogens is 1. The van der Waals surface area contributed by atoms with Crippen LogP contribution in [0.5, 0.6) is 5.75 Å². The molecule has 0 aliphatic rings. The number of aromatic hydroxyl groups is 1. The van der Waals surface area contributed by atoms with Crippen LogP contribution in [-0.4, -0.2) is 12.2 Å². The van der Waals surface area contributed by atoms with E-state index in [1.54, 1.807) is 0 Å². The lowest BCUT2D eigenvalue weighted by atomic mass is 10.2. The molecule has 0 spiro atoms. The summed E-state index contributed by atoms with van der Waals surface area (Å²) in [5, 5.41) is 9.12. The third-order valence-electron chi connectivity index (χ3n) is 1.34. The molecule has 3 heteroatoms. The topological polar surface area (TPSA) is 29.5 Å². The summed E-state index contributed by atoms with van der Waals surface area (Å²) in [6.07, 6.45) is 0. The van der Waals surface area contributed by atoms with Gasteiger partial charge in [-0.15, -0.1) is 0 Å². The minimum Gasteiger partial charge on any atom is -0.508 e. The molecule has 1 rings (SSSR count). The number of ether oxygens (including phenoxy) is 1. The molecule has 11 heavy (non-hydrogen) atoms. The predicted octanol–water partition coefficient (Wildman–Crippen LogP) is 1.68. The molecule has 0 atom stereocenters. The SMILES string of the molecule is COCc1cc(F)ccc1O. The summed E-state index contributed by atoms with van der Waals surface area (Å²) in [7, 11) is 1.49. The van der Waals surface area contributed by atoms with Crippen molar-refractivity contribution in [3.8, 4) is 5.75 Å². The summed E-state index contributed by atoms with van der Waals surface area (Å²) in [5.74, 6) is -0.303. The van der Waals surface area contributed by atoms with E-state index in [0.29, 0.717) is 5.56 Å². The second kappa shape index (κ2) is 3.34. The minimum atomic E-state index is -0.366. The molecular formula is C8H9FO2. The Morgan fingerprint density at radius 3 is 2.91 bits per heavy atom. The lowest BCUT2D eigenvalue weighted by Gasteiger charge is -2.01. The Morgan fingerprint density at radius 2 is 2.27 bits per heavy atom. The maximum atomic E-state index is 12.5. The van der Waals surface area contributed by atoms with Gasteiger partial charge in [-0.25, -0.2) is 4.39 Å². The summed E-state index contributed by atoms with van der Waals surface area (Å²) in [6.45, 7) is 0.226. The number of phenols is 1. The first-order valence-corrected chi connectivity index (χ1v) is 3.20. The molecular weight excluding hydrogens is 147 g/mol. The van der Waals surface area contributed by atoms with Crippen molar-refractivity contribution in [2.45, 2.75) is 6.61 Å². The molecule has 0 bridgehead atoms. The molecule has 0 unspecified atom stereocenters. The highest BCUT2D eigenvalue weighted by molar-refractivity contribution is 5.31. The van der Waals surface area contributed by atoms with Crippen LogP contribution in [0.1, 0.15) is 5.56 Å². The average Bonchev–Trinajstić information content (AvgIpc) is 1.98. The lowest BCUT2D eigenvalue weighted by Crippen LogP contribution is -1.88. The second-order valence-electron chi connectivity index (χ2n) is 2.21. The standard InChI is InChI=1S/C8H9FO2/c1-11-5-6-4-7(9)2-3-8(6)10/h2-4,10H,5H2,1H3. The van der Waals surface area contributed by atoms with Crippen LogP contribution in [0.25, 0.3) is 0 Å². The maximum absolute atomic E-state index is 12.5. The highest BCUT2D eigenvalue weighted by atomic mass is 19.1. The zero-order chi connectivity index (χ0) is 8.27. The number of phenolic OH excluding ortho intramolecular Hbond substituents is 1. The van der Waals surface area contributed by atoms with E-state index in [0.717, 1.165) is 0 Å². The molecule has 1 aromatic carbocycles. The van der Waals surface area contributed by atoms with Gasteiger partial charge in [0, 0.05) is 12.7 Å². The normalized spacial score (nSPS) is 10.0. The van der Waals surface area contributed by atoms with Gasteiger partial charge in [0.05, 0.1) is 6.61 Å². The van der Waals surface area contributed by atoms with E-state index in [-0.39, 0.29) is 18.2 Å². The van der Waals surface area contributed by atoms with Crippen molar-refractivity contribution in [3.05, 3.63) is 29.6 Å². The molecule has 0 amide bonds. The second-order valence-corrected chi connectivity index (χ2v) is 2.21. The van der Waals surface area contributed by atoms with Crippen molar-refractivity contribution >= 4 is 0 Å². The van der Waals surface area contributed by atoms with E-state index in [4.69, 9.17) is 9.84 Å². The Labute approximate surface area is 64.2 Å². The zero-order valence-electron chi connectivity index (χ0n) is 6.17. The molecule has 0 aliphatic carbocycles. The van der Waals surface area contributed by atoms with Crippen LogP contribution in [-0.2, 0) is 11.3 Å². The molecule has 0 aromatic heterocycles. The summed E-state index contributed by atoms with van der Waals surface area (Å²) < 4.78 is 17.2. The summed E-state index contributed by atoms with van der Waals surface area (Å²) in [5.41, 5.74) is 0.465. The molecule has 1 N–H and O–H groups in total. The van der Waals surface area contributed by atoms with Crippen molar-refractivity contribution in [1.29, 1.82) is 0 Å². The van der Waals surface area contributed by atoms with Gasteiger partial charge in [0.2, 0.25) is 0 Å². The van der Waals surface area contributed by atoms with Gasteiger partial charge in [0.25, 0.3) is 0 Å².